The molecule has 9 heteroatoms. The molecular formula is C21H24F2N2O5. The van der Waals surface area contributed by atoms with E-state index in [0.29, 0.717) is 11.3 Å². The smallest absolute Gasteiger partial charge is 0.254 e. The van der Waals surface area contributed by atoms with Gasteiger partial charge in [-0.15, -0.1) is 0 Å². The lowest BCUT2D eigenvalue weighted by atomic mass is 9.82. The number of hydrogen-bond acceptors (Lipinski definition) is 6. The van der Waals surface area contributed by atoms with Gasteiger partial charge in [-0.3, -0.25) is 9.78 Å². The van der Waals surface area contributed by atoms with E-state index < -0.39 is 42.3 Å². The molecule has 30 heavy (non-hydrogen) atoms. The highest BCUT2D eigenvalue weighted by Crippen LogP contribution is 2.44. The number of nitrogens with zero attached hydrogens (tertiary/aromatic N) is 1. The van der Waals surface area contributed by atoms with Gasteiger partial charge in [-0.25, -0.2) is 4.39 Å². The van der Waals surface area contributed by atoms with Crippen molar-refractivity contribution in [2.24, 2.45) is 5.92 Å². The number of methoxy groups -OCH3 is 1. The minimum atomic E-state index is -1.18. The quantitative estimate of drug-likeness (QED) is 0.662. The molecule has 0 radical (unpaired) electrons. The van der Waals surface area contributed by atoms with Crippen LogP contribution in [-0.2, 0) is 9.53 Å². The fourth-order valence-corrected chi connectivity index (χ4v) is 3.71. The van der Waals surface area contributed by atoms with E-state index in [4.69, 9.17) is 14.6 Å². The first-order chi connectivity index (χ1) is 14.3. The van der Waals surface area contributed by atoms with Gasteiger partial charge in [-0.1, -0.05) is 13.0 Å². The van der Waals surface area contributed by atoms with Gasteiger partial charge in [0.2, 0.25) is 5.82 Å². The number of carbonyl (C=O) groups is 1. The Labute approximate surface area is 172 Å². The van der Waals surface area contributed by atoms with Gasteiger partial charge >= 0.3 is 0 Å². The minimum absolute atomic E-state index is 0.177. The van der Waals surface area contributed by atoms with Crippen LogP contribution in [0.1, 0.15) is 37.1 Å². The fourth-order valence-electron chi connectivity index (χ4n) is 3.71. The summed E-state index contributed by atoms with van der Waals surface area (Å²) in [6.45, 7) is 3.16. The van der Waals surface area contributed by atoms with E-state index in [0.717, 1.165) is 6.07 Å². The molecule has 3 rings (SSSR count). The highest BCUT2D eigenvalue weighted by Gasteiger charge is 2.46. The maximum absolute atomic E-state index is 14.3. The number of carbonyl (C=O) groups excluding carboxylic acids is 1. The predicted octanol–water partition coefficient (Wildman–Crippen LogP) is 2.54. The molecule has 1 fully saturated rings. The SMILES string of the molecule is COc1c([C@@H]2[C@H](C)[C@H](C)O[C@H]2C(=O)Nc2ccnc([C@@H](O)CO)c2)ccc(F)c1F. The van der Waals surface area contributed by atoms with E-state index in [1.807, 2.05) is 6.92 Å². The van der Waals surface area contributed by atoms with E-state index in [-0.39, 0.29) is 23.5 Å². The lowest BCUT2D eigenvalue weighted by Gasteiger charge is -2.23. The second-order valence-electron chi connectivity index (χ2n) is 7.29. The Morgan fingerprint density at radius 3 is 2.73 bits per heavy atom. The number of nitrogens with one attached hydrogen (secondary N) is 1. The van der Waals surface area contributed by atoms with Crippen molar-refractivity contribution in [3.05, 3.63) is 53.4 Å². The van der Waals surface area contributed by atoms with Crippen LogP contribution in [0.5, 0.6) is 5.75 Å². The lowest BCUT2D eigenvalue weighted by Crippen LogP contribution is -2.33. The van der Waals surface area contributed by atoms with Gasteiger partial charge in [-0.2, -0.15) is 4.39 Å². The van der Waals surface area contributed by atoms with Crippen LogP contribution in [0.15, 0.2) is 30.5 Å². The molecule has 5 atom stereocenters. The molecule has 0 spiro atoms. The Morgan fingerprint density at radius 1 is 1.33 bits per heavy atom. The number of aliphatic hydroxyl groups is 2. The average Bonchev–Trinajstić information content (AvgIpc) is 3.04. The molecule has 1 amide bonds. The third-order valence-electron chi connectivity index (χ3n) is 5.46. The number of benzene rings is 1. The number of amides is 1. The van der Waals surface area contributed by atoms with Crippen molar-refractivity contribution in [1.82, 2.24) is 4.98 Å². The first-order valence-corrected chi connectivity index (χ1v) is 9.51. The molecule has 7 nitrogen and oxygen atoms in total. The highest BCUT2D eigenvalue weighted by molar-refractivity contribution is 5.95. The van der Waals surface area contributed by atoms with Gasteiger partial charge in [0.15, 0.2) is 11.6 Å². The van der Waals surface area contributed by atoms with E-state index in [9.17, 15) is 18.7 Å². The zero-order valence-corrected chi connectivity index (χ0v) is 16.8. The molecule has 0 bridgehead atoms. The first kappa shape index (κ1) is 22.1. The fraction of sp³-hybridized carbons (Fsp3) is 0.429. The summed E-state index contributed by atoms with van der Waals surface area (Å²) in [6.07, 6.45) is -1.08. The molecule has 1 aliphatic heterocycles. The summed E-state index contributed by atoms with van der Waals surface area (Å²) in [4.78, 5) is 17.0. The number of ether oxygens (including phenoxy) is 2. The molecular weight excluding hydrogens is 398 g/mol. The summed E-state index contributed by atoms with van der Waals surface area (Å²) >= 11 is 0. The van der Waals surface area contributed by atoms with Crippen molar-refractivity contribution in [1.29, 1.82) is 0 Å². The standard InChI is InChI=1S/C21H24F2N2O5/c1-10-11(2)30-20(17(10)13-4-5-14(22)18(23)19(13)29-3)21(28)25-12-6-7-24-15(8-12)16(27)9-26/h4-8,10-11,16-17,20,26-27H,9H2,1-3H3,(H,24,25,28)/t10-,11+,16+,17+,20-/m1/s1. The summed E-state index contributed by atoms with van der Waals surface area (Å²) in [5.74, 6) is -3.64. The topological polar surface area (TPSA) is 101 Å². The summed E-state index contributed by atoms with van der Waals surface area (Å²) in [5, 5.41) is 21.5. The van der Waals surface area contributed by atoms with Crippen molar-refractivity contribution in [2.75, 3.05) is 19.0 Å². The molecule has 1 aromatic heterocycles. The summed E-state index contributed by atoms with van der Waals surface area (Å²) in [7, 11) is 1.24. The van der Waals surface area contributed by atoms with Crippen molar-refractivity contribution in [2.45, 2.75) is 38.1 Å². The van der Waals surface area contributed by atoms with Crippen molar-refractivity contribution >= 4 is 11.6 Å². The van der Waals surface area contributed by atoms with E-state index in [2.05, 4.69) is 10.3 Å². The number of anilines is 1. The van der Waals surface area contributed by atoms with E-state index in [1.165, 1.54) is 31.5 Å². The van der Waals surface area contributed by atoms with E-state index >= 15 is 0 Å². The average molecular weight is 422 g/mol. The number of aliphatic hydroxyl groups excluding tert-OH is 2. The molecule has 3 N–H and O–H groups in total. The molecule has 1 saturated heterocycles. The van der Waals surface area contributed by atoms with Crippen LogP contribution in [0.2, 0.25) is 0 Å². The van der Waals surface area contributed by atoms with Crippen LogP contribution in [0, 0.1) is 17.6 Å². The van der Waals surface area contributed by atoms with Gasteiger partial charge in [0, 0.05) is 23.4 Å². The van der Waals surface area contributed by atoms with Gasteiger partial charge in [0.25, 0.3) is 5.91 Å². The second kappa shape index (κ2) is 9.03. The molecule has 2 aromatic rings. The molecule has 162 valence electrons. The second-order valence-corrected chi connectivity index (χ2v) is 7.29. The summed E-state index contributed by atoms with van der Waals surface area (Å²) < 4.78 is 38.9. The minimum Gasteiger partial charge on any atom is -0.493 e. The van der Waals surface area contributed by atoms with Crippen LogP contribution < -0.4 is 10.1 Å². The number of aromatic nitrogens is 1. The van der Waals surface area contributed by atoms with E-state index in [1.54, 1.807) is 6.92 Å². The summed E-state index contributed by atoms with van der Waals surface area (Å²) in [6, 6.07) is 5.37. The zero-order valence-electron chi connectivity index (χ0n) is 16.8. The number of halogens is 2. The number of pyridine rings is 1. The van der Waals surface area contributed by atoms with Gasteiger partial charge in [-0.05, 0) is 31.0 Å². The number of hydrogen-bond donors (Lipinski definition) is 3. The molecule has 0 saturated carbocycles. The van der Waals surface area contributed by atoms with Crippen molar-refractivity contribution in [3.8, 4) is 5.75 Å². The Morgan fingerprint density at radius 2 is 2.07 bits per heavy atom. The van der Waals surface area contributed by atoms with Gasteiger partial charge in [0.05, 0.1) is 25.5 Å². The Hall–Kier alpha value is -2.62. The molecule has 0 unspecified atom stereocenters. The van der Waals surface area contributed by atoms with Crippen molar-refractivity contribution in [3.63, 3.8) is 0 Å². The first-order valence-electron chi connectivity index (χ1n) is 9.51. The zero-order chi connectivity index (χ0) is 22.0. The third kappa shape index (κ3) is 4.14. The lowest BCUT2D eigenvalue weighted by molar-refractivity contribution is -0.127. The molecule has 1 aliphatic rings. The number of rotatable bonds is 6. The normalized spacial score (nSPS) is 24.5. The van der Waals surface area contributed by atoms with Gasteiger partial charge < -0.3 is 25.0 Å². The van der Waals surface area contributed by atoms with Crippen LogP contribution >= 0.6 is 0 Å². The largest absolute Gasteiger partial charge is 0.493 e. The highest BCUT2D eigenvalue weighted by atomic mass is 19.2. The van der Waals surface area contributed by atoms with Crippen LogP contribution in [-0.4, -0.2) is 47.0 Å². The summed E-state index contributed by atoms with van der Waals surface area (Å²) in [5.41, 5.74) is 0.895. The predicted molar refractivity (Wildman–Crippen MR) is 104 cm³/mol. The third-order valence-corrected chi connectivity index (χ3v) is 5.46. The Kier molecular flexibility index (Phi) is 6.64. The van der Waals surface area contributed by atoms with Crippen molar-refractivity contribution < 1.29 is 33.3 Å². The van der Waals surface area contributed by atoms with Crippen LogP contribution in [0.25, 0.3) is 0 Å². The van der Waals surface area contributed by atoms with Gasteiger partial charge in [0.1, 0.15) is 12.2 Å². The Bertz CT molecular complexity index is 926. The molecule has 2 heterocycles. The molecule has 1 aromatic carbocycles. The maximum Gasteiger partial charge on any atom is 0.254 e. The Balaban J connectivity index is 1.91. The monoisotopic (exact) mass is 422 g/mol. The maximum atomic E-state index is 14.3. The van der Waals surface area contributed by atoms with Crippen LogP contribution in [0.3, 0.4) is 0 Å². The van der Waals surface area contributed by atoms with Crippen LogP contribution in [0.4, 0.5) is 14.5 Å². The molecule has 0 aliphatic carbocycles.